The second-order valence-electron chi connectivity index (χ2n) is 10.9. The van der Waals surface area contributed by atoms with Crippen LogP contribution >= 0.6 is 0 Å². The minimum atomic E-state index is 0. The Morgan fingerprint density at radius 2 is 0.750 bits per heavy atom. The molecule has 0 saturated heterocycles. The van der Waals surface area contributed by atoms with Gasteiger partial charge in [0, 0.05) is 26.2 Å². The van der Waals surface area contributed by atoms with E-state index in [0.29, 0.717) is 0 Å². The van der Waals surface area contributed by atoms with Gasteiger partial charge in [-0.05, 0) is 0 Å². The zero-order valence-corrected chi connectivity index (χ0v) is 26.1. The van der Waals surface area contributed by atoms with Gasteiger partial charge in [-0.15, -0.1) is 56.4 Å². The minimum absolute atomic E-state index is 0. The smallest absolute Gasteiger partial charge is 0 e. The number of nitrogens with zero attached hydrogens (tertiary/aromatic N) is 2. The second kappa shape index (κ2) is 20.2. The van der Waals surface area contributed by atoms with Crippen molar-refractivity contribution in [2.45, 2.75) is 54.6 Å². The molecule has 198 valence electrons. The monoisotopic (exact) mass is 561 g/mol. The molecule has 0 N–H and O–H groups in total. The van der Waals surface area contributed by atoms with Gasteiger partial charge in [-0.1, -0.05) is 70.6 Å². The van der Waals surface area contributed by atoms with E-state index in [1.165, 1.54) is 0 Å². The predicted octanol–water partition coefficient (Wildman–Crippen LogP) is 9.78. The van der Waals surface area contributed by atoms with Crippen LogP contribution in [-0.4, -0.2) is 19.3 Å². The summed E-state index contributed by atoms with van der Waals surface area (Å²) in [5.74, 6) is 0. The molecule has 0 aliphatic carbocycles. The number of hydrogen-bond donors (Lipinski definition) is 0. The molecule has 3 aromatic carbocycles. The molecule has 2 nitrogen and oxygen atoms in total. The van der Waals surface area contributed by atoms with Gasteiger partial charge < -0.3 is 10.6 Å². The predicted molar refractivity (Wildman–Crippen MR) is 158 cm³/mol. The van der Waals surface area contributed by atoms with Crippen molar-refractivity contribution in [3.05, 3.63) is 139 Å². The van der Waals surface area contributed by atoms with E-state index in [4.69, 9.17) is 0 Å². The van der Waals surface area contributed by atoms with Gasteiger partial charge in [0.15, 0.2) is 0 Å². The van der Waals surface area contributed by atoms with Crippen molar-refractivity contribution in [2.24, 2.45) is 10.8 Å². The van der Waals surface area contributed by atoms with Gasteiger partial charge >= 0.3 is 0 Å². The standard InChI is InChI=1S/C12H26N2.3C7H7.Zr/c1-10(13-8-11(2,3)4)14-9-12(5,6)7;3*1-7-5-3-2-4-6-7;/h10H,8-9H2,1-7H3;3*2-6H,1H2;/q-2;3*-1;. The largest absolute Gasteiger partial charge is 0.678 e. The Bertz CT molecular complexity index is 744. The summed E-state index contributed by atoms with van der Waals surface area (Å²) in [6.07, 6.45) is 0.147. The Hall–Kier alpha value is -1.93. The maximum Gasteiger partial charge on any atom is 0 e. The summed E-state index contributed by atoms with van der Waals surface area (Å²) in [6.45, 7) is 28.2. The van der Waals surface area contributed by atoms with Crippen LogP contribution in [0.25, 0.3) is 10.6 Å². The van der Waals surface area contributed by atoms with Gasteiger partial charge in [0.05, 0.1) is 0 Å². The van der Waals surface area contributed by atoms with Crippen LogP contribution in [0.2, 0.25) is 0 Å². The fourth-order valence-corrected chi connectivity index (χ4v) is 2.30. The van der Waals surface area contributed by atoms with Crippen LogP contribution in [0, 0.1) is 31.6 Å². The molecular formula is C33H47N2Zr-5. The average molecular weight is 563 g/mol. The molecule has 0 spiro atoms. The molecule has 3 heteroatoms. The van der Waals surface area contributed by atoms with Crippen LogP contribution in [0.5, 0.6) is 0 Å². The van der Waals surface area contributed by atoms with Crippen LogP contribution in [0.1, 0.15) is 65.2 Å². The quantitative estimate of drug-likeness (QED) is 0.283. The topological polar surface area (TPSA) is 28.2 Å². The van der Waals surface area contributed by atoms with Crippen molar-refractivity contribution in [3.63, 3.8) is 0 Å². The van der Waals surface area contributed by atoms with Crippen molar-refractivity contribution in [1.82, 2.24) is 0 Å². The molecular weight excluding hydrogens is 516 g/mol. The molecule has 0 aromatic heterocycles. The molecule has 0 unspecified atom stereocenters. The Kier molecular flexibility index (Phi) is 20.3. The molecule has 0 aliphatic heterocycles. The molecule has 0 amide bonds. The van der Waals surface area contributed by atoms with E-state index in [1.807, 2.05) is 91.0 Å². The van der Waals surface area contributed by atoms with E-state index < -0.39 is 0 Å². The molecule has 0 heterocycles. The maximum absolute atomic E-state index is 4.53. The van der Waals surface area contributed by atoms with Crippen LogP contribution in [0.3, 0.4) is 0 Å². The van der Waals surface area contributed by atoms with E-state index in [2.05, 4.69) is 79.9 Å². The van der Waals surface area contributed by atoms with E-state index >= 15 is 0 Å². The normalized spacial score (nSPS) is 10.3. The molecule has 0 saturated carbocycles. The first-order valence-electron chi connectivity index (χ1n) is 12.2. The maximum atomic E-state index is 4.53. The summed E-state index contributed by atoms with van der Waals surface area (Å²) < 4.78 is 0. The third-order valence-corrected chi connectivity index (χ3v) is 4.19. The zero-order chi connectivity index (χ0) is 26.7. The third-order valence-electron chi connectivity index (χ3n) is 4.19. The summed E-state index contributed by atoms with van der Waals surface area (Å²) in [4.78, 5) is 0. The van der Waals surface area contributed by atoms with Crippen LogP contribution in [0.4, 0.5) is 0 Å². The Balaban J connectivity index is 0. The minimum Gasteiger partial charge on any atom is -0.678 e. The Morgan fingerprint density at radius 1 is 0.528 bits per heavy atom. The molecule has 36 heavy (non-hydrogen) atoms. The fourth-order valence-electron chi connectivity index (χ4n) is 2.30. The van der Waals surface area contributed by atoms with Gasteiger partial charge in [-0.3, -0.25) is 0 Å². The first kappa shape index (κ1) is 36.2. The molecule has 0 fully saturated rings. The SMILES string of the molecule is CC([N-]CC(C)(C)C)[N-]CC(C)(C)C.[CH2-]c1ccccc1.[CH2-]c1ccccc1.[CH2-]c1ccccc1.[Zr]. The van der Waals surface area contributed by atoms with Gasteiger partial charge in [0.25, 0.3) is 0 Å². The molecule has 3 aromatic rings. The second-order valence-corrected chi connectivity index (χ2v) is 10.9. The number of hydrogen-bond acceptors (Lipinski definition) is 0. The van der Waals surface area contributed by atoms with Crippen molar-refractivity contribution in [2.75, 3.05) is 13.1 Å². The third kappa shape index (κ3) is 26.7. The van der Waals surface area contributed by atoms with Gasteiger partial charge in [-0.2, -0.15) is 73.9 Å². The molecule has 0 radical (unpaired) electrons. The molecule has 0 atom stereocenters. The van der Waals surface area contributed by atoms with Crippen molar-refractivity contribution in [3.8, 4) is 0 Å². The molecule has 3 rings (SSSR count). The first-order valence-corrected chi connectivity index (χ1v) is 12.2. The average Bonchev–Trinajstić information content (AvgIpc) is 2.78. The van der Waals surface area contributed by atoms with Gasteiger partial charge in [0.2, 0.25) is 0 Å². The van der Waals surface area contributed by atoms with Gasteiger partial charge in [0.1, 0.15) is 0 Å². The van der Waals surface area contributed by atoms with E-state index in [9.17, 15) is 0 Å². The van der Waals surface area contributed by atoms with E-state index in [-0.39, 0.29) is 43.2 Å². The van der Waals surface area contributed by atoms with Gasteiger partial charge in [-0.25, -0.2) is 6.17 Å². The van der Waals surface area contributed by atoms with Crippen LogP contribution in [0.15, 0.2) is 91.0 Å². The summed E-state index contributed by atoms with van der Waals surface area (Å²) in [5, 5.41) is 9.06. The summed E-state index contributed by atoms with van der Waals surface area (Å²) in [5.41, 5.74) is 3.78. The Labute approximate surface area is 242 Å². The summed E-state index contributed by atoms with van der Waals surface area (Å²) >= 11 is 0. The summed E-state index contributed by atoms with van der Waals surface area (Å²) in [7, 11) is 0. The van der Waals surface area contributed by atoms with Crippen LogP contribution in [-0.2, 0) is 26.2 Å². The van der Waals surface area contributed by atoms with Crippen LogP contribution < -0.4 is 0 Å². The Morgan fingerprint density at radius 3 is 0.889 bits per heavy atom. The number of benzene rings is 3. The first-order chi connectivity index (χ1) is 16.3. The van der Waals surface area contributed by atoms with E-state index in [0.717, 1.165) is 29.8 Å². The zero-order valence-electron chi connectivity index (χ0n) is 23.7. The van der Waals surface area contributed by atoms with Crippen molar-refractivity contribution < 1.29 is 26.2 Å². The molecule has 0 aliphatic rings. The van der Waals surface area contributed by atoms with Crippen molar-refractivity contribution in [1.29, 1.82) is 0 Å². The fraction of sp³-hybridized carbons (Fsp3) is 0.364. The molecule has 0 bridgehead atoms. The van der Waals surface area contributed by atoms with Crippen molar-refractivity contribution >= 4 is 0 Å². The van der Waals surface area contributed by atoms with E-state index in [1.54, 1.807) is 0 Å². The number of rotatable bonds is 4. The summed E-state index contributed by atoms with van der Waals surface area (Å²) in [6, 6.07) is 29.6.